The van der Waals surface area contributed by atoms with Crippen molar-refractivity contribution >= 4 is 21.9 Å². The largest absolute Gasteiger partial charge is 0.497 e. The molecule has 0 amide bonds. The zero-order chi connectivity index (χ0) is 15.1. The van der Waals surface area contributed by atoms with E-state index in [1.54, 1.807) is 7.11 Å². The van der Waals surface area contributed by atoms with Gasteiger partial charge in [0.25, 0.3) is 0 Å². The van der Waals surface area contributed by atoms with Gasteiger partial charge < -0.3 is 9.15 Å². The van der Waals surface area contributed by atoms with Gasteiger partial charge in [-0.15, -0.1) is 0 Å². The molecule has 4 aromatic rings. The summed E-state index contributed by atoms with van der Waals surface area (Å²) in [7, 11) is 1.67. The Balaban J connectivity index is 1.91. The molecule has 0 unspecified atom stereocenters. The SMILES string of the molecule is COc1ccc2nc(-c3cc4ccccc4o3)cc(C)c2c1. The number of fused-ring (bicyclic) bond motifs is 2. The van der Waals surface area contributed by atoms with Crippen molar-refractivity contribution in [2.75, 3.05) is 7.11 Å². The van der Waals surface area contributed by atoms with Crippen LogP contribution in [0, 0.1) is 6.92 Å². The number of pyridine rings is 1. The Morgan fingerprint density at radius 2 is 1.86 bits per heavy atom. The van der Waals surface area contributed by atoms with Crippen LogP contribution in [0.25, 0.3) is 33.3 Å². The second-order valence-electron chi connectivity index (χ2n) is 5.36. The van der Waals surface area contributed by atoms with Gasteiger partial charge in [0.05, 0.1) is 12.6 Å². The fourth-order valence-corrected chi connectivity index (χ4v) is 2.73. The standard InChI is InChI=1S/C19H15NO2/c1-12-9-17(19-10-13-5-3-4-6-18(13)22-19)20-16-8-7-14(21-2)11-15(12)16/h3-11H,1-2H3. The molecule has 3 heteroatoms. The topological polar surface area (TPSA) is 35.3 Å². The molecule has 0 atom stereocenters. The summed E-state index contributed by atoms with van der Waals surface area (Å²) in [4.78, 5) is 4.73. The molecule has 0 spiro atoms. The number of aromatic nitrogens is 1. The van der Waals surface area contributed by atoms with E-state index in [0.717, 1.165) is 44.6 Å². The maximum Gasteiger partial charge on any atom is 0.153 e. The molecule has 0 N–H and O–H groups in total. The van der Waals surface area contributed by atoms with Gasteiger partial charge in [-0.3, -0.25) is 0 Å². The van der Waals surface area contributed by atoms with Crippen LogP contribution in [-0.4, -0.2) is 12.1 Å². The zero-order valence-electron chi connectivity index (χ0n) is 12.5. The number of nitrogens with zero attached hydrogens (tertiary/aromatic N) is 1. The van der Waals surface area contributed by atoms with Crippen molar-refractivity contribution in [3.63, 3.8) is 0 Å². The molecule has 0 aliphatic carbocycles. The number of benzene rings is 2. The maximum absolute atomic E-state index is 5.92. The Morgan fingerprint density at radius 3 is 2.68 bits per heavy atom. The summed E-state index contributed by atoms with van der Waals surface area (Å²) in [6.07, 6.45) is 0. The molecule has 2 heterocycles. The summed E-state index contributed by atoms with van der Waals surface area (Å²) < 4.78 is 11.2. The van der Waals surface area contributed by atoms with Crippen LogP contribution in [-0.2, 0) is 0 Å². The summed E-state index contributed by atoms with van der Waals surface area (Å²) >= 11 is 0. The molecule has 0 fully saturated rings. The van der Waals surface area contributed by atoms with Gasteiger partial charge >= 0.3 is 0 Å². The number of ether oxygens (including phenoxy) is 1. The van der Waals surface area contributed by atoms with Crippen LogP contribution in [0.3, 0.4) is 0 Å². The van der Waals surface area contributed by atoms with E-state index in [2.05, 4.69) is 13.0 Å². The van der Waals surface area contributed by atoms with E-state index >= 15 is 0 Å². The van der Waals surface area contributed by atoms with E-state index in [4.69, 9.17) is 14.1 Å². The van der Waals surface area contributed by atoms with Crippen LogP contribution < -0.4 is 4.74 Å². The lowest BCUT2D eigenvalue weighted by atomic mass is 10.1. The molecular formula is C19H15NO2. The first kappa shape index (κ1) is 12.9. The van der Waals surface area contributed by atoms with Crippen molar-refractivity contribution in [1.82, 2.24) is 4.98 Å². The van der Waals surface area contributed by atoms with Crippen molar-refractivity contribution in [1.29, 1.82) is 0 Å². The maximum atomic E-state index is 5.92. The molecule has 4 rings (SSSR count). The Labute approximate surface area is 128 Å². The number of hydrogen-bond donors (Lipinski definition) is 0. The molecule has 0 aliphatic rings. The molecule has 2 aromatic heterocycles. The highest BCUT2D eigenvalue weighted by molar-refractivity contribution is 5.87. The number of furan rings is 1. The lowest BCUT2D eigenvalue weighted by molar-refractivity contribution is 0.415. The third-order valence-electron chi connectivity index (χ3n) is 3.90. The number of para-hydroxylation sites is 1. The summed E-state index contributed by atoms with van der Waals surface area (Å²) in [5.74, 6) is 1.64. The van der Waals surface area contributed by atoms with Gasteiger partial charge in [-0.05, 0) is 48.9 Å². The second-order valence-corrected chi connectivity index (χ2v) is 5.36. The van der Waals surface area contributed by atoms with E-state index in [1.807, 2.05) is 48.5 Å². The van der Waals surface area contributed by atoms with Crippen molar-refractivity contribution in [3.8, 4) is 17.2 Å². The zero-order valence-corrected chi connectivity index (χ0v) is 12.5. The van der Waals surface area contributed by atoms with Crippen LogP contribution in [0.15, 0.2) is 59.0 Å². The summed E-state index contributed by atoms with van der Waals surface area (Å²) in [6.45, 7) is 2.08. The van der Waals surface area contributed by atoms with Gasteiger partial charge in [0.1, 0.15) is 17.0 Å². The molecule has 22 heavy (non-hydrogen) atoms. The van der Waals surface area contributed by atoms with Gasteiger partial charge in [-0.1, -0.05) is 18.2 Å². The molecule has 0 aliphatic heterocycles. The average molecular weight is 289 g/mol. The van der Waals surface area contributed by atoms with Crippen molar-refractivity contribution in [3.05, 3.63) is 60.2 Å². The molecule has 108 valence electrons. The van der Waals surface area contributed by atoms with Gasteiger partial charge in [0.15, 0.2) is 5.76 Å². The van der Waals surface area contributed by atoms with E-state index < -0.39 is 0 Å². The average Bonchev–Trinajstić information content (AvgIpc) is 2.98. The molecular weight excluding hydrogens is 274 g/mol. The van der Waals surface area contributed by atoms with Gasteiger partial charge in [0, 0.05) is 10.8 Å². The minimum atomic E-state index is 0.794. The van der Waals surface area contributed by atoms with E-state index in [-0.39, 0.29) is 0 Å². The first-order valence-electron chi connectivity index (χ1n) is 7.19. The number of methoxy groups -OCH3 is 1. The fraction of sp³-hybridized carbons (Fsp3) is 0.105. The third kappa shape index (κ3) is 2.02. The van der Waals surface area contributed by atoms with Crippen LogP contribution in [0.5, 0.6) is 5.75 Å². The van der Waals surface area contributed by atoms with Crippen molar-refractivity contribution < 1.29 is 9.15 Å². The molecule has 0 saturated carbocycles. The van der Waals surface area contributed by atoms with Crippen LogP contribution >= 0.6 is 0 Å². The normalized spacial score (nSPS) is 11.2. The van der Waals surface area contributed by atoms with E-state index in [0.29, 0.717) is 0 Å². The molecule has 0 radical (unpaired) electrons. The van der Waals surface area contributed by atoms with E-state index in [9.17, 15) is 0 Å². The molecule has 0 bridgehead atoms. The lowest BCUT2D eigenvalue weighted by Gasteiger charge is -2.06. The summed E-state index contributed by atoms with van der Waals surface area (Å²) in [5, 5.41) is 2.19. The van der Waals surface area contributed by atoms with E-state index in [1.165, 1.54) is 0 Å². The third-order valence-corrected chi connectivity index (χ3v) is 3.90. The summed E-state index contributed by atoms with van der Waals surface area (Å²) in [5.41, 5.74) is 3.83. The predicted molar refractivity (Wildman–Crippen MR) is 88.2 cm³/mol. The fourth-order valence-electron chi connectivity index (χ4n) is 2.73. The van der Waals surface area contributed by atoms with Crippen molar-refractivity contribution in [2.45, 2.75) is 6.92 Å². The lowest BCUT2D eigenvalue weighted by Crippen LogP contribution is -1.89. The van der Waals surface area contributed by atoms with Gasteiger partial charge in [-0.25, -0.2) is 4.98 Å². The van der Waals surface area contributed by atoms with Crippen LogP contribution in [0.4, 0.5) is 0 Å². The highest BCUT2D eigenvalue weighted by Gasteiger charge is 2.10. The summed E-state index contributed by atoms with van der Waals surface area (Å²) in [6, 6.07) is 18.0. The quantitative estimate of drug-likeness (QED) is 0.523. The minimum absolute atomic E-state index is 0.794. The minimum Gasteiger partial charge on any atom is -0.497 e. The number of rotatable bonds is 2. The molecule has 2 aromatic carbocycles. The van der Waals surface area contributed by atoms with Gasteiger partial charge in [0.2, 0.25) is 0 Å². The predicted octanol–water partition coefficient (Wildman–Crippen LogP) is 4.97. The second kappa shape index (κ2) is 4.88. The number of hydrogen-bond acceptors (Lipinski definition) is 3. The van der Waals surface area contributed by atoms with Gasteiger partial charge in [-0.2, -0.15) is 0 Å². The highest BCUT2D eigenvalue weighted by atomic mass is 16.5. The molecule has 3 nitrogen and oxygen atoms in total. The molecule has 0 saturated heterocycles. The Kier molecular flexibility index (Phi) is 2.86. The van der Waals surface area contributed by atoms with Crippen molar-refractivity contribution in [2.24, 2.45) is 0 Å². The highest BCUT2D eigenvalue weighted by Crippen LogP contribution is 2.30. The van der Waals surface area contributed by atoms with Crippen LogP contribution in [0.1, 0.15) is 5.56 Å². The smallest absolute Gasteiger partial charge is 0.153 e. The monoisotopic (exact) mass is 289 g/mol. The number of aryl methyl sites for hydroxylation is 1. The Bertz CT molecular complexity index is 952. The Morgan fingerprint density at radius 1 is 1.00 bits per heavy atom. The Hall–Kier alpha value is -2.81. The first-order valence-corrected chi connectivity index (χ1v) is 7.19. The first-order chi connectivity index (χ1) is 10.7. The van der Waals surface area contributed by atoms with Crippen LogP contribution in [0.2, 0.25) is 0 Å².